The lowest BCUT2D eigenvalue weighted by Crippen LogP contribution is -2.02. The molecule has 0 N–H and O–H groups in total. The first-order valence-corrected chi connectivity index (χ1v) is 13.9. The Kier molecular flexibility index (Phi) is 6.23. The fraction of sp³-hybridized carbons (Fsp3) is 0.0400. The summed E-state index contributed by atoms with van der Waals surface area (Å²) in [5.74, 6) is 0.911. The predicted octanol–water partition coefficient (Wildman–Crippen LogP) is 9.12. The summed E-state index contributed by atoms with van der Waals surface area (Å²) in [5.41, 5.74) is 1.26. The zero-order valence-electron chi connectivity index (χ0n) is 15.7. The van der Waals surface area contributed by atoms with Gasteiger partial charge in [0.25, 0.3) is 0 Å². The second-order valence-corrected chi connectivity index (χ2v) is 12.2. The highest BCUT2D eigenvalue weighted by atomic mass is 127. The molecule has 0 aliphatic carbocycles. The molecule has 0 amide bonds. The second-order valence-electron chi connectivity index (χ2n) is 6.88. The number of ether oxygens (including phenoxy) is 1. The van der Waals surface area contributed by atoms with Crippen LogP contribution in [0.4, 0.5) is 0 Å². The van der Waals surface area contributed by atoms with Gasteiger partial charge in [-0.25, -0.2) is 0 Å². The molecule has 0 radical (unpaired) electrons. The fourth-order valence-corrected chi connectivity index (χ4v) is 8.27. The summed E-state index contributed by atoms with van der Waals surface area (Å²) in [5, 5.41) is 2.72. The van der Waals surface area contributed by atoms with Crippen LogP contribution in [0.2, 0.25) is 0 Å². The van der Waals surface area contributed by atoms with E-state index >= 15 is 0 Å². The van der Waals surface area contributed by atoms with E-state index in [1.165, 1.54) is 41.3 Å². The molecule has 5 rings (SSSR count). The van der Waals surface area contributed by atoms with Crippen molar-refractivity contribution in [2.45, 2.75) is 6.61 Å². The predicted molar refractivity (Wildman–Crippen MR) is 154 cm³/mol. The van der Waals surface area contributed by atoms with Gasteiger partial charge in [0.05, 0.1) is 0 Å². The van der Waals surface area contributed by atoms with E-state index in [0.717, 1.165) is 5.75 Å². The van der Waals surface area contributed by atoms with Crippen LogP contribution in [0.15, 0.2) is 84.9 Å². The van der Waals surface area contributed by atoms with Crippen LogP contribution in [0.5, 0.6) is 5.75 Å². The van der Waals surface area contributed by atoms with Crippen molar-refractivity contribution >= 4 is 98.4 Å². The number of thiophene rings is 1. The first kappa shape index (κ1) is 21.0. The Morgan fingerprint density at radius 3 is 1.83 bits per heavy atom. The van der Waals surface area contributed by atoms with Crippen LogP contribution >= 0.6 is 78.2 Å². The molecule has 1 nitrogen and oxygen atoms in total. The molecule has 1 aromatic heterocycles. The Balaban J connectivity index is 1.48. The molecule has 5 aromatic rings. The lowest BCUT2D eigenvalue weighted by Gasteiger charge is -2.11. The lowest BCUT2D eigenvalue weighted by molar-refractivity contribution is 0.304. The number of rotatable bonds is 4. The van der Waals surface area contributed by atoms with Gasteiger partial charge in [-0.1, -0.05) is 24.3 Å². The molecule has 0 bridgehead atoms. The third kappa shape index (κ3) is 3.86. The van der Waals surface area contributed by atoms with Crippen LogP contribution in [-0.2, 0) is 6.61 Å². The number of fused-ring (bicyclic) bond motifs is 3. The van der Waals surface area contributed by atoms with Gasteiger partial charge in [-0.05, 0) is 116 Å². The number of halogens is 3. The maximum Gasteiger partial charge on any atom is 0.187 e. The summed E-state index contributed by atoms with van der Waals surface area (Å²) in [4.78, 5) is 1.33. The molecule has 0 aliphatic rings. The van der Waals surface area contributed by atoms with Crippen molar-refractivity contribution in [3.63, 3.8) is 0 Å². The SMILES string of the molecule is Ic1ccc(I)c(COc2ccc(-[s+]3c4ccccc4c4ccccc43)cc2)c1I. The molecule has 0 spiro atoms. The van der Waals surface area contributed by atoms with Crippen LogP contribution in [-0.4, -0.2) is 0 Å². The topological polar surface area (TPSA) is 9.23 Å². The van der Waals surface area contributed by atoms with Gasteiger partial charge in [0.1, 0.15) is 12.4 Å². The average molecular weight is 745 g/mol. The van der Waals surface area contributed by atoms with Crippen LogP contribution in [0, 0.1) is 10.7 Å². The van der Waals surface area contributed by atoms with E-state index in [9.17, 15) is 0 Å². The lowest BCUT2D eigenvalue weighted by atomic mass is 10.2. The molecule has 0 atom stereocenters. The minimum atomic E-state index is -0.0581. The highest BCUT2D eigenvalue weighted by Gasteiger charge is 2.22. The van der Waals surface area contributed by atoms with Gasteiger partial charge in [0.15, 0.2) is 14.3 Å². The molecule has 30 heavy (non-hydrogen) atoms. The third-order valence-corrected chi connectivity index (χ3v) is 11.6. The largest absolute Gasteiger partial charge is 0.489 e. The molecule has 148 valence electrons. The Bertz CT molecular complexity index is 1320. The van der Waals surface area contributed by atoms with Crippen molar-refractivity contribution in [2.24, 2.45) is 0 Å². The number of benzene rings is 4. The van der Waals surface area contributed by atoms with Crippen LogP contribution < -0.4 is 4.74 Å². The number of hydrogen-bond donors (Lipinski definition) is 0. The zero-order valence-corrected chi connectivity index (χ0v) is 23.0. The van der Waals surface area contributed by atoms with Crippen molar-refractivity contribution in [3.05, 3.63) is 101 Å². The van der Waals surface area contributed by atoms with Gasteiger partial charge >= 0.3 is 0 Å². The Labute approximate surface area is 219 Å². The molecule has 0 aliphatic heterocycles. The third-order valence-electron chi connectivity index (χ3n) is 5.09. The van der Waals surface area contributed by atoms with E-state index in [4.69, 9.17) is 4.74 Å². The molecule has 0 fully saturated rings. The smallest absolute Gasteiger partial charge is 0.187 e. The highest BCUT2D eigenvalue weighted by molar-refractivity contribution is 14.1. The van der Waals surface area contributed by atoms with E-state index in [1.807, 2.05) is 0 Å². The average Bonchev–Trinajstić information content (AvgIpc) is 3.11. The van der Waals surface area contributed by atoms with Gasteiger partial charge in [-0.3, -0.25) is 0 Å². The van der Waals surface area contributed by atoms with Crippen LogP contribution in [0.1, 0.15) is 5.56 Å². The fourth-order valence-electron chi connectivity index (χ4n) is 3.64. The maximum absolute atomic E-state index is 6.16. The van der Waals surface area contributed by atoms with Crippen molar-refractivity contribution < 1.29 is 4.74 Å². The summed E-state index contributed by atoms with van der Waals surface area (Å²) >= 11 is 7.19. The Morgan fingerprint density at radius 1 is 0.633 bits per heavy atom. The normalized spacial score (nSPS) is 11.3. The molecule has 5 heteroatoms. The van der Waals surface area contributed by atoms with Crippen molar-refractivity contribution in [2.75, 3.05) is 0 Å². The summed E-state index contributed by atoms with van der Waals surface area (Å²) in [6.45, 7) is 0.587. The summed E-state index contributed by atoms with van der Waals surface area (Å²) in [6.07, 6.45) is 0. The highest BCUT2D eigenvalue weighted by Crippen LogP contribution is 2.48. The van der Waals surface area contributed by atoms with Crippen LogP contribution in [0.25, 0.3) is 25.1 Å². The quantitative estimate of drug-likeness (QED) is 0.101. The summed E-state index contributed by atoms with van der Waals surface area (Å²) in [7, 11) is -0.0581. The molecule has 0 saturated carbocycles. The maximum atomic E-state index is 6.16. The summed E-state index contributed by atoms with van der Waals surface area (Å²) < 4.78 is 12.8. The van der Waals surface area contributed by atoms with Crippen molar-refractivity contribution in [1.82, 2.24) is 0 Å². The molecular formula is C25H16I3OS+. The standard InChI is InChI=1S/C25H16I3OS/c26-21-13-14-22(27)25(28)20(21)15-29-16-9-11-17(12-10-16)30-23-7-3-1-5-18(23)19-6-2-4-8-24(19)30/h1-14H,15H2/q+1. The zero-order chi connectivity index (χ0) is 20.7. The first-order valence-electron chi connectivity index (χ1n) is 9.41. The Hall–Kier alpha value is -0.910. The molecule has 4 aromatic carbocycles. The van der Waals surface area contributed by atoms with E-state index in [-0.39, 0.29) is 10.5 Å². The minimum Gasteiger partial charge on any atom is -0.489 e. The summed E-state index contributed by atoms with van der Waals surface area (Å²) in [6, 6.07) is 30.5. The van der Waals surface area contributed by atoms with E-state index in [2.05, 4.69) is 153 Å². The molecular weight excluding hydrogens is 729 g/mol. The molecule has 0 saturated heterocycles. The van der Waals surface area contributed by atoms with Gasteiger partial charge in [-0.2, -0.15) is 0 Å². The van der Waals surface area contributed by atoms with Gasteiger partial charge in [0, 0.05) is 49.6 Å². The van der Waals surface area contributed by atoms with E-state index in [1.54, 1.807) is 0 Å². The monoisotopic (exact) mass is 745 g/mol. The van der Waals surface area contributed by atoms with Crippen molar-refractivity contribution in [3.8, 4) is 10.6 Å². The molecule has 1 heterocycles. The van der Waals surface area contributed by atoms with E-state index in [0.29, 0.717) is 6.61 Å². The molecule has 0 unspecified atom stereocenters. The van der Waals surface area contributed by atoms with Gasteiger partial charge < -0.3 is 4.74 Å². The van der Waals surface area contributed by atoms with Crippen molar-refractivity contribution in [1.29, 1.82) is 0 Å². The van der Waals surface area contributed by atoms with Gasteiger partial charge in [-0.15, -0.1) is 0 Å². The number of hydrogen-bond acceptors (Lipinski definition) is 1. The Morgan fingerprint density at radius 2 is 1.20 bits per heavy atom. The second kappa shape index (κ2) is 8.91. The minimum absolute atomic E-state index is 0.0581. The van der Waals surface area contributed by atoms with Crippen LogP contribution in [0.3, 0.4) is 0 Å². The van der Waals surface area contributed by atoms with E-state index < -0.39 is 0 Å². The van der Waals surface area contributed by atoms with Gasteiger partial charge in [0.2, 0.25) is 0 Å². The first-order chi connectivity index (χ1) is 14.6.